The fourth-order valence-corrected chi connectivity index (χ4v) is 2.42. The van der Waals surface area contributed by atoms with Crippen molar-refractivity contribution in [1.29, 1.82) is 0 Å². The van der Waals surface area contributed by atoms with Crippen LogP contribution in [-0.4, -0.2) is 29.6 Å². The molecule has 2 aromatic rings. The minimum Gasteiger partial charge on any atom is -0.482 e. The summed E-state index contributed by atoms with van der Waals surface area (Å²) in [5.74, 6) is 0.856. The molecule has 94 valence electrons. The third kappa shape index (κ3) is 1.76. The Balaban J connectivity index is 2.19. The zero-order valence-electron chi connectivity index (χ0n) is 10.2. The molecule has 1 N–H and O–H groups in total. The lowest BCUT2D eigenvalue weighted by molar-refractivity contribution is 0.390. The number of hydrogen-bond acceptors (Lipinski definition) is 4. The van der Waals surface area contributed by atoms with E-state index < -0.39 is 0 Å². The molecular weight excluding hydrogens is 230 g/mol. The van der Waals surface area contributed by atoms with Gasteiger partial charge in [0, 0.05) is 18.5 Å². The van der Waals surface area contributed by atoms with Gasteiger partial charge in [-0.15, -0.1) is 0 Å². The lowest BCUT2D eigenvalue weighted by Gasteiger charge is -2.11. The predicted octanol–water partition coefficient (Wildman–Crippen LogP) is 0.780. The van der Waals surface area contributed by atoms with Gasteiger partial charge in [-0.25, -0.2) is 9.38 Å². The monoisotopic (exact) mass is 245 g/mol. The number of hydrogen-bond donors (Lipinski definition) is 1. The SMILES string of the molecule is COc1cccc2nc(C3CCNC3)cc(=O)n12. The summed E-state index contributed by atoms with van der Waals surface area (Å²) < 4.78 is 6.68. The van der Waals surface area contributed by atoms with Crippen LogP contribution in [0.3, 0.4) is 0 Å². The molecule has 0 saturated carbocycles. The molecule has 1 saturated heterocycles. The van der Waals surface area contributed by atoms with Crippen molar-refractivity contribution >= 4 is 5.65 Å². The summed E-state index contributed by atoms with van der Waals surface area (Å²) in [6.07, 6.45) is 1.03. The number of nitrogens with one attached hydrogen (secondary N) is 1. The number of ether oxygens (including phenoxy) is 1. The molecule has 0 aromatic carbocycles. The normalized spacial score (nSPS) is 19.3. The molecule has 0 amide bonds. The molecule has 1 aliphatic rings. The van der Waals surface area contributed by atoms with Gasteiger partial charge in [-0.2, -0.15) is 0 Å². The summed E-state index contributed by atoms with van der Waals surface area (Å²) in [6, 6.07) is 7.05. The standard InChI is InChI=1S/C13H15N3O2/c1-18-13-4-2-3-11-15-10(7-12(17)16(11)13)9-5-6-14-8-9/h2-4,7,9,14H,5-6,8H2,1H3. The van der Waals surface area contributed by atoms with Crippen molar-refractivity contribution in [3.63, 3.8) is 0 Å². The van der Waals surface area contributed by atoms with Crippen LogP contribution >= 0.6 is 0 Å². The second-order valence-electron chi connectivity index (χ2n) is 4.47. The Morgan fingerprint density at radius 2 is 2.39 bits per heavy atom. The van der Waals surface area contributed by atoms with Crippen LogP contribution < -0.4 is 15.6 Å². The first kappa shape index (κ1) is 11.2. The summed E-state index contributed by atoms with van der Waals surface area (Å²) >= 11 is 0. The number of aromatic nitrogens is 2. The maximum absolute atomic E-state index is 12.2. The van der Waals surface area contributed by atoms with Gasteiger partial charge in [-0.05, 0) is 25.1 Å². The van der Waals surface area contributed by atoms with E-state index in [0.717, 1.165) is 25.2 Å². The third-order valence-corrected chi connectivity index (χ3v) is 3.36. The fraction of sp³-hybridized carbons (Fsp3) is 0.385. The van der Waals surface area contributed by atoms with E-state index in [9.17, 15) is 4.79 Å². The van der Waals surface area contributed by atoms with Crippen LogP contribution in [0.25, 0.3) is 5.65 Å². The number of pyridine rings is 1. The molecule has 18 heavy (non-hydrogen) atoms. The summed E-state index contributed by atoms with van der Waals surface area (Å²) in [6.45, 7) is 1.89. The molecule has 1 fully saturated rings. The largest absolute Gasteiger partial charge is 0.482 e. The van der Waals surface area contributed by atoms with E-state index in [4.69, 9.17) is 4.74 Å². The summed E-state index contributed by atoms with van der Waals surface area (Å²) in [5.41, 5.74) is 1.43. The molecule has 5 nitrogen and oxygen atoms in total. The fourth-order valence-electron chi connectivity index (χ4n) is 2.42. The quantitative estimate of drug-likeness (QED) is 0.849. The lowest BCUT2D eigenvalue weighted by Crippen LogP contribution is -2.19. The van der Waals surface area contributed by atoms with Gasteiger partial charge in [0.1, 0.15) is 5.65 Å². The van der Waals surface area contributed by atoms with Crippen LogP contribution in [0.15, 0.2) is 29.1 Å². The van der Waals surface area contributed by atoms with E-state index in [1.54, 1.807) is 19.2 Å². The van der Waals surface area contributed by atoms with E-state index in [1.807, 2.05) is 12.1 Å². The lowest BCUT2D eigenvalue weighted by atomic mass is 10.0. The van der Waals surface area contributed by atoms with Gasteiger partial charge < -0.3 is 10.1 Å². The zero-order chi connectivity index (χ0) is 12.5. The zero-order valence-corrected chi connectivity index (χ0v) is 10.2. The molecule has 1 atom stereocenters. The van der Waals surface area contributed by atoms with Crippen molar-refractivity contribution in [2.24, 2.45) is 0 Å². The van der Waals surface area contributed by atoms with E-state index in [0.29, 0.717) is 17.4 Å². The highest BCUT2D eigenvalue weighted by Gasteiger charge is 2.19. The van der Waals surface area contributed by atoms with Crippen molar-refractivity contribution in [1.82, 2.24) is 14.7 Å². The highest BCUT2D eigenvalue weighted by molar-refractivity contribution is 5.42. The van der Waals surface area contributed by atoms with Crippen molar-refractivity contribution in [3.8, 4) is 5.88 Å². The molecule has 1 unspecified atom stereocenters. The number of methoxy groups -OCH3 is 1. The van der Waals surface area contributed by atoms with Crippen molar-refractivity contribution < 1.29 is 4.74 Å². The summed E-state index contributed by atoms with van der Waals surface area (Å²) in [7, 11) is 1.55. The Hall–Kier alpha value is -1.88. The van der Waals surface area contributed by atoms with Gasteiger partial charge in [0.05, 0.1) is 12.8 Å². The van der Waals surface area contributed by atoms with Crippen molar-refractivity contribution in [3.05, 3.63) is 40.3 Å². The molecule has 1 aliphatic heterocycles. The molecule has 3 heterocycles. The summed E-state index contributed by atoms with van der Waals surface area (Å²) in [4.78, 5) is 16.7. The number of nitrogens with zero attached hydrogens (tertiary/aromatic N) is 2. The Morgan fingerprint density at radius 3 is 3.11 bits per heavy atom. The second-order valence-corrected chi connectivity index (χ2v) is 4.47. The van der Waals surface area contributed by atoms with Crippen LogP contribution in [0.2, 0.25) is 0 Å². The number of fused-ring (bicyclic) bond motifs is 1. The first-order valence-corrected chi connectivity index (χ1v) is 6.07. The first-order chi connectivity index (χ1) is 8.79. The van der Waals surface area contributed by atoms with Crippen molar-refractivity contribution in [2.75, 3.05) is 20.2 Å². The van der Waals surface area contributed by atoms with Crippen LogP contribution in [0.1, 0.15) is 18.0 Å². The van der Waals surface area contributed by atoms with Gasteiger partial charge in [0.2, 0.25) is 5.88 Å². The van der Waals surface area contributed by atoms with E-state index in [2.05, 4.69) is 10.3 Å². The maximum atomic E-state index is 12.2. The first-order valence-electron chi connectivity index (χ1n) is 6.07. The highest BCUT2D eigenvalue weighted by Crippen LogP contribution is 2.20. The molecule has 0 aliphatic carbocycles. The Morgan fingerprint density at radius 1 is 1.50 bits per heavy atom. The smallest absolute Gasteiger partial charge is 0.260 e. The van der Waals surface area contributed by atoms with E-state index >= 15 is 0 Å². The second kappa shape index (κ2) is 4.42. The van der Waals surface area contributed by atoms with Crippen LogP contribution in [-0.2, 0) is 0 Å². The van der Waals surface area contributed by atoms with Gasteiger partial charge in [0.15, 0.2) is 0 Å². The average molecular weight is 245 g/mol. The molecule has 0 bridgehead atoms. The van der Waals surface area contributed by atoms with Crippen LogP contribution in [0.5, 0.6) is 5.88 Å². The molecule has 3 rings (SSSR count). The van der Waals surface area contributed by atoms with E-state index in [1.165, 1.54) is 4.40 Å². The highest BCUT2D eigenvalue weighted by atomic mass is 16.5. The molecule has 5 heteroatoms. The van der Waals surface area contributed by atoms with Crippen LogP contribution in [0, 0.1) is 0 Å². The van der Waals surface area contributed by atoms with E-state index in [-0.39, 0.29) is 5.56 Å². The number of rotatable bonds is 2. The molecule has 0 radical (unpaired) electrons. The Labute approximate surface area is 104 Å². The van der Waals surface area contributed by atoms with Gasteiger partial charge >= 0.3 is 0 Å². The van der Waals surface area contributed by atoms with Gasteiger partial charge in [-0.1, -0.05) is 6.07 Å². The topological polar surface area (TPSA) is 55.6 Å². The molecule has 2 aromatic heterocycles. The minimum absolute atomic E-state index is 0.0839. The minimum atomic E-state index is -0.0839. The Bertz CT molecular complexity index is 630. The predicted molar refractivity (Wildman–Crippen MR) is 68.2 cm³/mol. The van der Waals surface area contributed by atoms with Crippen molar-refractivity contribution in [2.45, 2.75) is 12.3 Å². The summed E-state index contributed by atoms with van der Waals surface area (Å²) in [5, 5.41) is 3.29. The van der Waals surface area contributed by atoms with Crippen LogP contribution in [0.4, 0.5) is 0 Å². The van der Waals surface area contributed by atoms with Gasteiger partial charge in [0.25, 0.3) is 5.56 Å². The molecular formula is C13H15N3O2. The third-order valence-electron chi connectivity index (χ3n) is 3.36. The molecule has 0 spiro atoms. The maximum Gasteiger partial charge on any atom is 0.260 e. The van der Waals surface area contributed by atoms with Gasteiger partial charge in [-0.3, -0.25) is 4.79 Å². The Kier molecular flexibility index (Phi) is 2.76. The average Bonchev–Trinajstić information content (AvgIpc) is 2.91.